The zero-order chi connectivity index (χ0) is 14.3. The molecular formula is C15H30O4. The van der Waals surface area contributed by atoms with Crippen LogP contribution >= 0.6 is 0 Å². The van der Waals surface area contributed by atoms with E-state index in [9.17, 15) is 5.11 Å². The predicted octanol–water partition coefficient (Wildman–Crippen LogP) is 1.98. The van der Waals surface area contributed by atoms with Crippen LogP contribution in [0.1, 0.15) is 46.0 Å². The van der Waals surface area contributed by atoms with Crippen molar-refractivity contribution in [2.75, 3.05) is 20.3 Å². The Labute approximate surface area is 117 Å². The van der Waals surface area contributed by atoms with Crippen molar-refractivity contribution in [2.24, 2.45) is 11.8 Å². The summed E-state index contributed by atoms with van der Waals surface area (Å²) in [6.07, 6.45) is 5.49. The molecular weight excluding hydrogens is 244 g/mol. The summed E-state index contributed by atoms with van der Waals surface area (Å²) in [5.74, 6) is 1.16. The number of hydrogen-bond acceptors (Lipinski definition) is 4. The largest absolute Gasteiger partial charge is 0.394 e. The van der Waals surface area contributed by atoms with Crippen molar-refractivity contribution >= 4 is 0 Å². The predicted molar refractivity (Wildman–Crippen MR) is 75.0 cm³/mol. The van der Waals surface area contributed by atoms with Gasteiger partial charge in [0.05, 0.1) is 24.9 Å². The van der Waals surface area contributed by atoms with Gasteiger partial charge in [0.2, 0.25) is 0 Å². The van der Waals surface area contributed by atoms with Gasteiger partial charge in [-0.3, -0.25) is 0 Å². The molecule has 0 bridgehead atoms. The lowest BCUT2D eigenvalue weighted by molar-refractivity contribution is -0.0493. The van der Waals surface area contributed by atoms with Crippen LogP contribution in [0.15, 0.2) is 0 Å². The summed E-state index contributed by atoms with van der Waals surface area (Å²) in [4.78, 5) is 0. The SMILES string of the molecule is CO[C@H]1CC(C)CC(O)C1.C[C@H]1CCCOC1CO. The lowest BCUT2D eigenvalue weighted by Crippen LogP contribution is -2.30. The minimum Gasteiger partial charge on any atom is -0.394 e. The summed E-state index contributed by atoms with van der Waals surface area (Å²) in [5, 5.41) is 18.0. The lowest BCUT2D eigenvalue weighted by Gasteiger charge is -2.29. The summed E-state index contributed by atoms with van der Waals surface area (Å²) in [7, 11) is 1.72. The van der Waals surface area contributed by atoms with Gasteiger partial charge < -0.3 is 19.7 Å². The van der Waals surface area contributed by atoms with Gasteiger partial charge in [-0.1, -0.05) is 13.8 Å². The molecule has 0 aromatic heterocycles. The van der Waals surface area contributed by atoms with Crippen molar-refractivity contribution < 1.29 is 19.7 Å². The molecule has 19 heavy (non-hydrogen) atoms. The van der Waals surface area contributed by atoms with Crippen molar-refractivity contribution in [3.8, 4) is 0 Å². The highest BCUT2D eigenvalue weighted by Crippen LogP contribution is 2.25. The number of ether oxygens (including phenoxy) is 2. The van der Waals surface area contributed by atoms with Gasteiger partial charge in [-0.25, -0.2) is 0 Å². The maximum atomic E-state index is 9.30. The van der Waals surface area contributed by atoms with Crippen LogP contribution < -0.4 is 0 Å². The molecule has 0 radical (unpaired) electrons. The van der Waals surface area contributed by atoms with Crippen LogP contribution in [0, 0.1) is 11.8 Å². The Morgan fingerprint density at radius 2 is 1.95 bits per heavy atom. The molecule has 114 valence electrons. The Balaban J connectivity index is 0.000000191. The van der Waals surface area contributed by atoms with Crippen molar-refractivity contribution in [3.63, 3.8) is 0 Å². The third kappa shape index (κ3) is 6.21. The first-order chi connectivity index (χ1) is 9.06. The summed E-state index contributed by atoms with van der Waals surface area (Å²) < 4.78 is 10.5. The number of methoxy groups -OCH3 is 1. The first-order valence-electron chi connectivity index (χ1n) is 7.50. The van der Waals surface area contributed by atoms with Gasteiger partial charge in [-0.05, 0) is 43.9 Å². The molecule has 0 spiro atoms. The molecule has 1 saturated carbocycles. The lowest BCUT2D eigenvalue weighted by atomic mass is 9.87. The molecule has 0 aromatic carbocycles. The van der Waals surface area contributed by atoms with Gasteiger partial charge in [-0.2, -0.15) is 0 Å². The Kier molecular flexibility index (Phi) is 7.91. The molecule has 0 aromatic rings. The first-order valence-corrected chi connectivity index (χ1v) is 7.50. The van der Waals surface area contributed by atoms with E-state index in [1.54, 1.807) is 7.11 Å². The quantitative estimate of drug-likeness (QED) is 0.808. The molecule has 1 heterocycles. The average Bonchev–Trinajstić information content (AvgIpc) is 2.39. The van der Waals surface area contributed by atoms with Gasteiger partial charge in [0, 0.05) is 13.7 Å². The monoisotopic (exact) mass is 274 g/mol. The zero-order valence-corrected chi connectivity index (χ0v) is 12.5. The van der Waals surface area contributed by atoms with Crippen molar-refractivity contribution in [2.45, 2.75) is 64.3 Å². The van der Waals surface area contributed by atoms with Gasteiger partial charge in [0.1, 0.15) is 0 Å². The average molecular weight is 274 g/mol. The van der Waals surface area contributed by atoms with Crippen LogP contribution in [-0.2, 0) is 9.47 Å². The smallest absolute Gasteiger partial charge is 0.0831 e. The van der Waals surface area contributed by atoms with E-state index >= 15 is 0 Å². The standard InChI is InChI=1S/C8H16O2.C7H14O2/c1-6-3-7(9)5-8(4-6)10-2;1-6-3-2-4-9-7(6)5-8/h6-9H,3-5H2,1-2H3;6-8H,2-5H2,1H3/t6?,7?,8-;6-,7?/m00/s1. The van der Waals surface area contributed by atoms with Crippen molar-refractivity contribution in [1.82, 2.24) is 0 Å². The topological polar surface area (TPSA) is 58.9 Å². The van der Waals surface area contributed by atoms with E-state index in [2.05, 4.69) is 13.8 Å². The fraction of sp³-hybridized carbons (Fsp3) is 1.00. The normalized spacial score (nSPS) is 39.3. The molecule has 2 fully saturated rings. The van der Waals surface area contributed by atoms with E-state index in [1.807, 2.05) is 0 Å². The Bertz CT molecular complexity index is 224. The second-order valence-corrected chi connectivity index (χ2v) is 6.04. The van der Waals surface area contributed by atoms with Crippen LogP contribution in [0.5, 0.6) is 0 Å². The van der Waals surface area contributed by atoms with Crippen LogP contribution in [0.25, 0.3) is 0 Å². The van der Waals surface area contributed by atoms with Crippen LogP contribution in [0.3, 0.4) is 0 Å². The maximum absolute atomic E-state index is 9.30. The fourth-order valence-corrected chi connectivity index (χ4v) is 2.92. The summed E-state index contributed by atoms with van der Waals surface area (Å²) in [6, 6.07) is 0. The molecule has 2 N–H and O–H groups in total. The highest BCUT2D eigenvalue weighted by atomic mass is 16.5. The fourth-order valence-electron chi connectivity index (χ4n) is 2.92. The molecule has 2 aliphatic rings. The number of hydrogen-bond donors (Lipinski definition) is 2. The molecule has 4 nitrogen and oxygen atoms in total. The molecule has 3 unspecified atom stereocenters. The molecule has 2 rings (SSSR count). The van der Waals surface area contributed by atoms with Crippen molar-refractivity contribution in [3.05, 3.63) is 0 Å². The van der Waals surface area contributed by atoms with Crippen LogP contribution in [0.4, 0.5) is 0 Å². The third-order valence-corrected chi connectivity index (χ3v) is 4.16. The second kappa shape index (κ2) is 8.90. The highest BCUT2D eigenvalue weighted by molar-refractivity contribution is 4.76. The van der Waals surface area contributed by atoms with Crippen LogP contribution in [-0.4, -0.2) is 48.8 Å². The summed E-state index contributed by atoms with van der Waals surface area (Å²) in [6.45, 7) is 5.30. The van der Waals surface area contributed by atoms with E-state index in [4.69, 9.17) is 14.6 Å². The van der Waals surface area contributed by atoms with Gasteiger partial charge in [0.15, 0.2) is 0 Å². The number of aliphatic hydroxyl groups is 2. The third-order valence-electron chi connectivity index (χ3n) is 4.16. The van der Waals surface area contributed by atoms with Gasteiger partial charge in [-0.15, -0.1) is 0 Å². The Morgan fingerprint density at radius 3 is 2.42 bits per heavy atom. The second-order valence-electron chi connectivity index (χ2n) is 6.04. The van der Waals surface area contributed by atoms with Gasteiger partial charge in [0.25, 0.3) is 0 Å². The van der Waals surface area contributed by atoms with Crippen molar-refractivity contribution in [1.29, 1.82) is 0 Å². The van der Waals surface area contributed by atoms with E-state index in [-0.39, 0.29) is 18.8 Å². The van der Waals surface area contributed by atoms with E-state index in [0.717, 1.165) is 32.3 Å². The Hall–Kier alpha value is -0.160. The minimum absolute atomic E-state index is 0.110. The van der Waals surface area contributed by atoms with Crippen LogP contribution in [0.2, 0.25) is 0 Å². The van der Waals surface area contributed by atoms with E-state index in [0.29, 0.717) is 17.9 Å². The molecule has 1 saturated heterocycles. The minimum atomic E-state index is -0.131. The highest BCUT2D eigenvalue weighted by Gasteiger charge is 2.24. The number of aliphatic hydroxyl groups excluding tert-OH is 2. The maximum Gasteiger partial charge on any atom is 0.0831 e. The molecule has 1 aliphatic heterocycles. The van der Waals surface area contributed by atoms with Gasteiger partial charge >= 0.3 is 0 Å². The number of rotatable bonds is 2. The molecule has 0 amide bonds. The summed E-state index contributed by atoms with van der Waals surface area (Å²) >= 11 is 0. The Morgan fingerprint density at radius 1 is 1.21 bits per heavy atom. The first kappa shape index (κ1) is 16.9. The molecule has 5 atom stereocenters. The summed E-state index contributed by atoms with van der Waals surface area (Å²) in [5.41, 5.74) is 0. The van der Waals surface area contributed by atoms with E-state index in [1.165, 1.54) is 6.42 Å². The molecule has 1 aliphatic carbocycles. The zero-order valence-electron chi connectivity index (χ0n) is 12.5. The molecule has 4 heteroatoms. The van der Waals surface area contributed by atoms with E-state index < -0.39 is 0 Å².